The summed E-state index contributed by atoms with van der Waals surface area (Å²) in [7, 11) is 0. The molecule has 2 fully saturated rings. The summed E-state index contributed by atoms with van der Waals surface area (Å²) in [4.78, 5) is 12.1. The Morgan fingerprint density at radius 3 is 2.62 bits per heavy atom. The normalized spacial score (nSPS) is 38.2. The van der Waals surface area contributed by atoms with Gasteiger partial charge in [-0.15, -0.1) is 0 Å². The van der Waals surface area contributed by atoms with E-state index in [2.05, 4.69) is 18.3 Å². The van der Waals surface area contributed by atoms with Crippen molar-refractivity contribution >= 4 is 5.91 Å². The van der Waals surface area contributed by atoms with Crippen LogP contribution in [0.2, 0.25) is 0 Å². The first-order chi connectivity index (χ1) is 7.72. The molecule has 0 heterocycles. The highest BCUT2D eigenvalue weighted by Gasteiger charge is 2.34. The van der Waals surface area contributed by atoms with E-state index in [1.165, 1.54) is 12.8 Å². The third kappa shape index (κ3) is 2.21. The molecule has 1 N–H and O–H groups in total. The van der Waals surface area contributed by atoms with Crippen LogP contribution in [0.25, 0.3) is 0 Å². The van der Waals surface area contributed by atoms with Crippen molar-refractivity contribution in [2.24, 2.45) is 17.8 Å². The number of carbonyl (C=O) groups is 1. The molecular weight excluding hydrogens is 200 g/mol. The minimum Gasteiger partial charge on any atom is -0.352 e. The second kappa shape index (κ2) is 4.86. The number of hydrogen-bond acceptors (Lipinski definition) is 2. The van der Waals surface area contributed by atoms with Gasteiger partial charge in [0.1, 0.15) is 0 Å². The molecule has 2 rings (SSSR count). The number of amides is 1. The second-order valence-electron chi connectivity index (χ2n) is 5.30. The van der Waals surface area contributed by atoms with Crippen LogP contribution in [0.3, 0.4) is 0 Å². The molecule has 0 bridgehead atoms. The van der Waals surface area contributed by atoms with Crippen molar-refractivity contribution in [1.29, 1.82) is 5.26 Å². The van der Waals surface area contributed by atoms with Crippen LogP contribution in [-0.2, 0) is 4.79 Å². The number of hydrogen-bond donors (Lipinski definition) is 1. The fourth-order valence-corrected chi connectivity index (χ4v) is 3.11. The Morgan fingerprint density at radius 1 is 1.25 bits per heavy atom. The van der Waals surface area contributed by atoms with Gasteiger partial charge < -0.3 is 5.32 Å². The molecule has 2 aliphatic rings. The molecule has 3 nitrogen and oxygen atoms in total. The largest absolute Gasteiger partial charge is 0.352 e. The van der Waals surface area contributed by atoms with E-state index in [0.717, 1.165) is 25.7 Å². The van der Waals surface area contributed by atoms with Crippen LogP contribution in [0.5, 0.6) is 0 Å². The topological polar surface area (TPSA) is 52.9 Å². The van der Waals surface area contributed by atoms with Crippen molar-refractivity contribution in [3.8, 4) is 6.07 Å². The van der Waals surface area contributed by atoms with Crippen LogP contribution >= 0.6 is 0 Å². The van der Waals surface area contributed by atoms with Crippen molar-refractivity contribution in [2.45, 2.75) is 51.5 Å². The van der Waals surface area contributed by atoms with Crippen LogP contribution < -0.4 is 5.32 Å². The van der Waals surface area contributed by atoms with E-state index in [0.29, 0.717) is 5.92 Å². The minimum absolute atomic E-state index is 0.0423. The monoisotopic (exact) mass is 220 g/mol. The maximum absolute atomic E-state index is 12.1. The average molecular weight is 220 g/mol. The number of nitriles is 1. The Labute approximate surface area is 97.2 Å². The van der Waals surface area contributed by atoms with Gasteiger partial charge in [0.15, 0.2) is 0 Å². The fraction of sp³-hybridized carbons (Fsp3) is 0.846. The molecular formula is C13H20N2O. The first-order valence-electron chi connectivity index (χ1n) is 6.42. The molecule has 16 heavy (non-hydrogen) atoms. The lowest BCUT2D eigenvalue weighted by Gasteiger charge is -2.20. The van der Waals surface area contributed by atoms with Gasteiger partial charge in [-0.3, -0.25) is 4.79 Å². The molecule has 4 atom stereocenters. The third-order valence-corrected chi connectivity index (χ3v) is 4.21. The van der Waals surface area contributed by atoms with Crippen molar-refractivity contribution < 1.29 is 4.79 Å². The quantitative estimate of drug-likeness (QED) is 0.775. The van der Waals surface area contributed by atoms with E-state index in [9.17, 15) is 4.79 Å². The summed E-state index contributed by atoms with van der Waals surface area (Å²) in [6, 6.07) is 2.42. The Kier molecular flexibility index (Phi) is 3.48. The lowest BCUT2D eigenvalue weighted by atomic mass is 9.96. The maximum atomic E-state index is 12.1. The Balaban J connectivity index is 1.89. The van der Waals surface area contributed by atoms with Gasteiger partial charge in [-0.1, -0.05) is 13.3 Å². The van der Waals surface area contributed by atoms with Gasteiger partial charge in [-0.25, -0.2) is 0 Å². The van der Waals surface area contributed by atoms with E-state index < -0.39 is 0 Å². The van der Waals surface area contributed by atoms with Gasteiger partial charge in [0.2, 0.25) is 5.91 Å². The first-order valence-corrected chi connectivity index (χ1v) is 6.42. The van der Waals surface area contributed by atoms with Crippen LogP contribution in [-0.4, -0.2) is 11.9 Å². The molecule has 0 aromatic carbocycles. The summed E-state index contributed by atoms with van der Waals surface area (Å²) in [6.45, 7) is 2.16. The standard InChI is InChI=1S/C13H20N2O/c1-9-4-2-6-11(9)13(16)15-12-7-3-5-10(12)8-14/h9-12H,2-7H2,1H3,(H,15,16). The SMILES string of the molecule is CC1CCCC1C(=O)NC1CCCC1C#N. The fourth-order valence-electron chi connectivity index (χ4n) is 3.11. The summed E-state index contributed by atoms with van der Waals surface area (Å²) in [5.74, 6) is 0.944. The molecule has 0 aliphatic heterocycles. The molecule has 0 aromatic heterocycles. The lowest BCUT2D eigenvalue weighted by Crippen LogP contribution is -2.41. The predicted molar refractivity (Wildman–Crippen MR) is 61.4 cm³/mol. The zero-order chi connectivity index (χ0) is 11.5. The van der Waals surface area contributed by atoms with Crippen molar-refractivity contribution in [2.75, 3.05) is 0 Å². The number of carbonyl (C=O) groups excluding carboxylic acids is 1. The first kappa shape index (κ1) is 11.4. The van der Waals surface area contributed by atoms with Crippen LogP contribution in [0.15, 0.2) is 0 Å². The Morgan fingerprint density at radius 2 is 2.00 bits per heavy atom. The van der Waals surface area contributed by atoms with Crippen molar-refractivity contribution in [3.05, 3.63) is 0 Å². The molecule has 0 aromatic rings. The van der Waals surface area contributed by atoms with E-state index in [4.69, 9.17) is 5.26 Å². The van der Waals surface area contributed by atoms with Gasteiger partial charge in [-0.2, -0.15) is 5.26 Å². The van der Waals surface area contributed by atoms with Gasteiger partial charge >= 0.3 is 0 Å². The second-order valence-corrected chi connectivity index (χ2v) is 5.30. The van der Waals surface area contributed by atoms with E-state index >= 15 is 0 Å². The molecule has 2 aliphatic carbocycles. The third-order valence-electron chi connectivity index (χ3n) is 4.21. The van der Waals surface area contributed by atoms with Crippen LogP contribution in [0, 0.1) is 29.1 Å². The summed E-state index contributed by atoms with van der Waals surface area (Å²) >= 11 is 0. The number of rotatable bonds is 2. The smallest absolute Gasteiger partial charge is 0.223 e. The Hall–Kier alpha value is -1.04. The highest BCUT2D eigenvalue weighted by atomic mass is 16.2. The molecule has 0 spiro atoms. The summed E-state index contributed by atoms with van der Waals surface area (Å²) in [5, 5.41) is 12.1. The highest BCUT2D eigenvalue weighted by molar-refractivity contribution is 5.79. The molecule has 88 valence electrons. The maximum Gasteiger partial charge on any atom is 0.223 e. The van der Waals surface area contributed by atoms with Crippen LogP contribution in [0.4, 0.5) is 0 Å². The average Bonchev–Trinajstić information content (AvgIpc) is 2.86. The minimum atomic E-state index is 0.0423. The molecule has 3 heteroatoms. The summed E-state index contributed by atoms with van der Waals surface area (Å²) < 4.78 is 0. The summed E-state index contributed by atoms with van der Waals surface area (Å²) in [6.07, 6.45) is 6.36. The zero-order valence-electron chi connectivity index (χ0n) is 9.91. The van der Waals surface area contributed by atoms with Crippen molar-refractivity contribution in [1.82, 2.24) is 5.32 Å². The van der Waals surface area contributed by atoms with E-state index in [-0.39, 0.29) is 23.8 Å². The number of nitrogens with zero attached hydrogens (tertiary/aromatic N) is 1. The van der Waals surface area contributed by atoms with E-state index in [1.807, 2.05) is 0 Å². The van der Waals surface area contributed by atoms with Crippen LogP contribution in [0.1, 0.15) is 45.4 Å². The number of nitrogens with one attached hydrogen (secondary N) is 1. The van der Waals surface area contributed by atoms with Gasteiger partial charge in [0.05, 0.1) is 12.0 Å². The molecule has 0 radical (unpaired) electrons. The van der Waals surface area contributed by atoms with Gasteiger partial charge in [0.25, 0.3) is 0 Å². The lowest BCUT2D eigenvalue weighted by molar-refractivity contribution is -0.126. The Bertz CT molecular complexity index is 308. The highest BCUT2D eigenvalue weighted by Crippen LogP contribution is 2.32. The molecule has 0 saturated heterocycles. The van der Waals surface area contributed by atoms with Gasteiger partial charge in [0, 0.05) is 12.0 Å². The van der Waals surface area contributed by atoms with E-state index in [1.54, 1.807) is 0 Å². The summed E-state index contributed by atoms with van der Waals surface area (Å²) in [5.41, 5.74) is 0. The molecule has 1 amide bonds. The predicted octanol–water partition coefficient (Wildman–Crippen LogP) is 2.23. The molecule has 4 unspecified atom stereocenters. The zero-order valence-corrected chi connectivity index (χ0v) is 9.91. The van der Waals surface area contributed by atoms with Crippen molar-refractivity contribution in [3.63, 3.8) is 0 Å². The molecule has 2 saturated carbocycles. The van der Waals surface area contributed by atoms with Gasteiger partial charge in [-0.05, 0) is 38.0 Å².